The summed E-state index contributed by atoms with van der Waals surface area (Å²) in [4.78, 5) is 25.9. The second kappa shape index (κ2) is 9.28. The number of hydrogen-bond acceptors (Lipinski definition) is 7. The zero-order valence-electron chi connectivity index (χ0n) is 18.7. The van der Waals surface area contributed by atoms with Crippen molar-refractivity contribution < 1.29 is 19.4 Å². The van der Waals surface area contributed by atoms with Crippen molar-refractivity contribution >= 4 is 73.0 Å². The lowest BCUT2D eigenvalue weighted by Crippen LogP contribution is -2.17. The van der Waals surface area contributed by atoms with Gasteiger partial charge in [0.2, 0.25) is 0 Å². The number of amides is 1. The summed E-state index contributed by atoms with van der Waals surface area (Å²) < 4.78 is 11.2. The first-order valence-electron chi connectivity index (χ1n) is 10.7. The summed E-state index contributed by atoms with van der Waals surface area (Å²) in [5, 5.41) is 13.2. The number of aromatic nitrogens is 1. The van der Waals surface area contributed by atoms with Gasteiger partial charge < -0.3 is 9.84 Å². The Morgan fingerprint density at radius 2 is 2.00 bits per heavy atom. The van der Waals surface area contributed by atoms with E-state index in [9.17, 15) is 14.7 Å². The molecular weight excluding hydrogens is 524 g/mol. The maximum Gasteiger partial charge on any atom is 0.412 e. The van der Waals surface area contributed by atoms with Crippen molar-refractivity contribution in [1.82, 2.24) is 4.37 Å². The van der Waals surface area contributed by atoms with Crippen molar-refractivity contribution in [2.45, 2.75) is 38.2 Å². The average Bonchev–Trinajstić information content (AvgIpc) is 3.25. The Labute approximate surface area is 218 Å². The second-order valence-electron chi connectivity index (χ2n) is 8.31. The molecule has 1 amide bonds. The Bertz CT molecular complexity index is 1490. The molecule has 4 aromatic rings. The molecule has 6 nitrogen and oxygen atoms in total. The largest absolute Gasteiger partial charge is 0.481 e. The normalized spacial score (nSPS) is 14.7. The number of thiophene rings is 2. The fourth-order valence-electron chi connectivity index (χ4n) is 3.81. The highest BCUT2D eigenvalue weighted by Crippen LogP contribution is 2.52. The highest BCUT2D eigenvalue weighted by atomic mass is 35.5. The molecule has 1 unspecified atom stereocenters. The summed E-state index contributed by atoms with van der Waals surface area (Å²) >= 11 is 10.3. The summed E-state index contributed by atoms with van der Waals surface area (Å²) in [6.07, 6.45) is 0.309. The van der Waals surface area contributed by atoms with Gasteiger partial charge in [-0.1, -0.05) is 35.9 Å². The minimum absolute atomic E-state index is 0.315. The van der Waals surface area contributed by atoms with Crippen LogP contribution in [-0.2, 0) is 14.9 Å². The molecule has 1 fully saturated rings. The number of halogens is 1. The van der Waals surface area contributed by atoms with E-state index in [1.54, 1.807) is 0 Å². The Balaban J connectivity index is 1.30. The van der Waals surface area contributed by atoms with E-state index in [4.69, 9.17) is 16.3 Å². The van der Waals surface area contributed by atoms with Crippen LogP contribution < -0.4 is 5.32 Å². The molecule has 1 atom stereocenters. The number of fused-ring (bicyclic) bond motifs is 1. The summed E-state index contributed by atoms with van der Waals surface area (Å²) in [5.74, 6) is 5.33. The van der Waals surface area contributed by atoms with E-state index in [2.05, 4.69) is 21.5 Å². The van der Waals surface area contributed by atoms with Crippen LogP contribution >= 0.6 is 45.8 Å². The lowest BCUT2D eigenvalue weighted by atomic mass is 10.1. The first-order chi connectivity index (χ1) is 16.8. The standard InChI is InChI=1S/C25H19ClN2O4S3/c1-13-5-3-4-6-17(13)14(2)32-24(31)27-20-18(28-35-21(20)26)8-7-16-11-15-12-19(34-22(15)33-16)25(9-10-25)23(29)30/h3-6,11-12,14H,9-10H2,1-2H3,(H,27,31)(H,29,30). The van der Waals surface area contributed by atoms with Gasteiger partial charge in [0, 0.05) is 10.3 Å². The molecule has 1 saturated carbocycles. The molecule has 1 aliphatic rings. The predicted octanol–water partition coefficient (Wildman–Crippen LogP) is 7.21. The van der Waals surface area contributed by atoms with Crippen LogP contribution in [0.15, 0.2) is 36.4 Å². The third-order valence-corrected chi connectivity index (χ3v) is 9.48. The Morgan fingerprint density at radius 1 is 1.23 bits per heavy atom. The van der Waals surface area contributed by atoms with Crippen molar-refractivity contribution in [3.8, 4) is 11.8 Å². The van der Waals surface area contributed by atoms with Gasteiger partial charge in [-0.3, -0.25) is 10.1 Å². The van der Waals surface area contributed by atoms with E-state index < -0.39 is 23.6 Å². The fraction of sp³-hybridized carbons (Fsp3) is 0.240. The van der Waals surface area contributed by atoms with E-state index in [0.717, 1.165) is 41.8 Å². The van der Waals surface area contributed by atoms with Crippen molar-refractivity contribution in [3.05, 3.63) is 67.3 Å². The quantitative estimate of drug-likeness (QED) is 0.260. The lowest BCUT2D eigenvalue weighted by molar-refractivity contribution is -0.139. The van der Waals surface area contributed by atoms with Gasteiger partial charge in [0.15, 0.2) is 5.69 Å². The number of carbonyl (C=O) groups is 2. The number of benzene rings is 1. The number of aryl methyl sites for hydroxylation is 1. The van der Waals surface area contributed by atoms with Gasteiger partial charge in [-0.05, 0) is 73.3 Å². The molecule has 10 heteroatoms. The summed E-state index contributed by atoms with van der Waals surface area (Å²) in [7, 11) is 0. The van der Waals surface area contributed by atoms with Gasteiger partial charge in [0.1, 0.15) is 21.5 Å². The number of nitrogens with one attached hydrogen (secondary N) is 1. The van der Waals surface area contributed by atoms with Crippen LogP contribution in [0.25, 0.3) is 9.40 Å². The molecule has 0 saturated heterocycles. The first-order valence-corrected chi connectivity index (χ1v) is 13.5. The maximum atomic E-state index is 12.5. The average molecular weight is 543 g/mol. The van der Waals surface area contributed by atoms with Gasteiger partial charge in [-0.15, -0.1) is 22.7 Å². The molecule has 35 heavy (non-hydrogen) atoms. The number of carboxylic acid groups (broad SMARTS) is 1. The maximum absolute atomic E-state index is 12.5. The lowest BCUT2D eigenvalue weighted by Gasteiger charge is -2.16. The molecule has 0 aliphatic heterocycles. The number of carboxylic acids is 1. The predicted molar refractivity (Wildman–Crippen MR) is 141 cm³/mol. The number of aliphatic carboxylic acids is 1. The smallest absolute Gasteiger partial charge is 0.412 e. The monoisotopic (exact) mass is 542 g/mol. The highest BCUT2D eigenvalue weighted by Gasteiger charge is 2.53. The number of ether oxygens (including phenoxy) is 1. The minimum atomic E-state index is -0.751. The van der Waals surface area contributed by atoms with Crippen LogP contribution in [0.1, 0.15) is 52.4 Å². The summed E-state index contributed by atoms with van der Waals surface area (Å²) in [6.45, 7) is 3.78. The zero-order chi connectivity index (χ0) is 24.7. The van der Waals surface area contributed by atoms with E-state index in [-0.39, 0.29) is 0 Å². The van der Waals surface area contributed by atoms with Crippen LogP contribution in [0.3, 0.4) is 0 Å². The zero-order valence-corrected chi connectivity index (χ0v) is 21.9. The molecule has 0 spiro atoms. The Hall–Kier alpha value is -2.90. The van der Waals surface area contributed by atoms with Crippen LogP contribution in [0.2, 0.25) is 4.34 Å². The summed E-state index contributed by atoms with van der Waals surface area (Å²) in [6, 6.07) is 11.6. The topological polar surface area (TPSA) is 88.5 Å². The molecule has 0 bridgehead atoms. The van der Waals surface area contributed by atoms with Crippen LogP contribution in [0, 0.1) is 18.8 Å². The number of anilines is 1. The summed E-state index contributed by atoms with van der Waals surface area (Å²) in [5.41, 5.74) is 1.95. The SMILES string of the molecule is Cc1ccccc1C(C)OC(=O)Nc1c(C#Cc2cc3cc(C4(C(=O)O)CC4)sc3s2)nsc1Cl. The molecule has 0 radical (unpaired) electrons. The molecular formula is C25H19ClN2O4S3. The van der Waals surface area contributed by atoms with Gasteiger partial charge in [0.05, 0.1) is 8.89 Å². The van der Waals surface area contributed by atoms with E-state index in [0.29, 0.717) is 28.6 Å². The van der Waals surface area contributed by atoms with Crippen LogP contribution in [0.4, 0.5) is 10.5 Å². The van der Waals surface area contributed by atoms with Gasteiger partial charge in [0.25, 0.3) is 0 Å². The van der Waals surface area contributed by atoms with E-state index in [1.807, 2.05) is 50.2 Å². The van der Waals surface area contributed by atoms with Crippen molar-refractivity contribution in [2.75, 3.05) is 5.32 Å². The number of nitrogens with zero attached hydrogens (tertiary/aromatic N) is 1. The van der Waals surface area contributed by atoms with Crippen molar-refractivity contribution in [3.63, 3.8) is 0 Å². The van der Waals surface area contributed by atoms with E-state index in [1.165, 1.54) is 22.7 Å². The van der Waals surface area contributed by atoms with Crippen LogP contribution in [0.5, 0.6) is 0 Å². The number of carbonyl (C=O) groups excluding carboxylic acids is 1. The van der Waals surface area contributed by atoms with Crippen LogP contribution in [-0.4, -0.2) is 21.5 Å². The Morgan fingerprint density at radius 3 is 2.69 bits per heavy atom. The molecule has 1 aromatic carbocycles. The molecule has 3 aromatic heterocycles. The van der Waals surface area contributed by atoms with E-state index >= 15 is 0 Å². The van der Waals surface area contributed by atoms with Gasteiger partial charge in [-0.25, -0.2) is 4.79 Å². The third-order valence-electron chi connectivity index (χ3n) is 5.94. The van der Waals surface area contributed by atoms with Gasteiger partial charge in [-0.2, -0.15) is 4.37 Å². The van der Waals surface area contributed by atoms with Crippen molar-refractivity contribution in [1.29, 1.82) is 0 Å². The highest BCUT2D eigenvalue weighted by molar-refractivity contribution is 7.38. The first kappa shape index (κ1) is 23.8. The number of rotatable bonds is 5. The minimum Gasteiger partial charge on any atom is -0.481 e. The third kappa shape index (κ3) is 4.67. The fourth-order valence-corrected chi connectivity index (χ4v) is 7.13. The molecule has 3 heterocycles. The Kier molecular flexibility index (Phi) is 6.32. The number of hydrogen-bond donors (Lipinski definition) is 2. The molecule has 178 valence electrons. The second-order valence-corrected chi connectivity index (χ2v) is 12.0. The molecule has 5 rings (SSSR count). The molecule has 1 aliphatic carbocycles. The molecule has 2 N–H and O–H groups in total. The van der Waals surface area contributed by atoms with Crippen molar-refractivity contribution in [2.24, 2.45) is 0 Å². The van der Waals surface area contributed by atoms with Gasteiger partial charge >= 0.3 is 12.1 Å².